The summed E-state index contributed by atoms with van der Waals surface area (Å²) in [4.78, 5) is 9.04. The predicted molar refractivity (Wildman–Crippen MR) is 79.5 cm³/mol. The summed E-state index contributed by atoms with van der Waals surface area (Å²) in [6.07, 6.45) is 0.723. The van der Waals surface area contributed by atoms with Gasteiger partial charge in [-0.05, 0) is 26.0 Å². The van der Waals surface area contributed by atoms with Crippen LogP contribution in [-0.4, -0.2) is 14.5 Å². The second kappa shape index (κ2) is 4.66. The molecule has 0 aliphatic carbocycles. The molecule has 4 nitrogen and oxygen atoms in total. The maximum atomic E-state index is 5.69. The van der Waals surface area contributed by atoms with Gasteiger partial charge in [-0.1, -0.05) is 12.1 Å². The minimum atomic E-state index is 0.374. The summed E-state index contributed by atoms with van der Waals surface area (Å²) in [5.41, 5.74) is 8.88. The molecule has 0 bridgehead atoms. The lowest BCUT2D eigenvalue weighted by molar-refractivity contribution is 0.590. The standard InChI is InChI=1S/C14H16N4S/c1-9(2)18-12-6-4-3-5-11(12)17-13(18)7-10-8-19-14(15)16-10/h3-6,8-9H,7H2,1-2H3,(H2,15,16). The Labute approximate surface area is 115 Å². The third-order valence-electron chi connectivity index (χ3n) is 3.09. The van der Waals surface area contributed by atoms with E-state index in [1.807, 2.05) is 23.6 Å². The summed E-state index contributed by atoms with van der Waals surface area (Å²) < 4.78 is 2.27. The van der Waals surface area contributed by atoms with E-state index in [9.17, 15) is 0 Å². The van der Waals surface area contributed by atoms with E-state index >= 15 is 0 Å². The maximum absolute atomic E-state index is 5.69. The van der Waals surface area contributed by atoms with Crippen LogP contribution in [0.1, 0.15) is 31.4 Å². The van der Waals surface area contributed by atoms with E-state index in [4.69, 9.17) is 10.7 Å². The van der Waals surface area contributed by atoms with Gasteiger partial charge in [0.25, 0.3) is 0 Å². The number of fused-ring (bicyclic) bond motifs is 1. The number of benzene rings is 1. The summed E-state index contributed by atoms with van der Waals surface area (Å²) >= 11 is 1.47. The molecule has 3 aromatic rings. The molecule has 3 rings (SSSR count). The van der Waals surface area contributed by atoms with Crippen LogP contribution in [0.15, 0.2) is 29.6 Å². The number of hydrogen-bond donors (Lipinski definition) is 1. The van der Waals surface area contributed by atoms with E-state index in [1.165, 1.54) is 16.9 Å². The molecule has 2 heterocycles. The molecule has 19 heavy (non-hydrogen) atoms. The number of hydrogen-bond acceptors (Lipinski definition) is 4. The van der Waals surface area contributed by atoms with E-state index in [2.05, 4.69) is 29.5 Å². The van der Waals surface area contributed by atoms with Gasteiger partial charge >= 0.3 is 0 Å². The third kappa shape index (κ3) is 2.21. The molecule has 5 heteroatoms. The van der Waals surface area contributed by atoms with Crippen LogP contribution in [0.4, 0.5) is 5.13 Å². The molecule has 98 valence electrons. The number of thiazole rings is 1. The monoisotopic (exact) mass is 272 g/mol. The highest BCUT2D eigenvalue weighted by Gasteiger charge is 2.14. The van der Waals surface area contributed by atoms with Gasteiger partial charge in [-0.2, -0.15) is 0 Å². The molecule has 0 radical (unpaired) electrons. The third-order valence-corrected chi connectivity index (χ3v) is 3.82. The average molecular weight is 272 g/mol. The summed E-state index contributed by atoms with van der Waals surface area (Å²) in [5, 5.41) is 2.61. The van der Waals surface area contributed by atoms with Crippen molar-refractivity contribution in [3.8, 4) is 0 Å². The predicted octanol–water partition coefficient (Wildman–Crippen LogP) is 3.25. The van der Waals surface area contributed by atoms with E-state index in [1.54, 1.807) is 0 Å². The first kappa shape index (κ1) is 12.2. The lowest BCUT2D eigenvalue weighted by Gasteiger charge is -2.12. The Balaban J connectivity index is 2.09. The number of anilines is 1. The van der Waals surface area contributed by atoms with Crippen molar-refractivity contribution in [2.24, 2.45) is 0 Å². The van der Waals surface area contributed by atoms with Crippen molar-refractivity contribution in [2.75, 3.05) is 5.73 Å². The fourth-order valence-corrected chi connectivity index (χ4v) is 2.92. The zero-order valence-electron chi connectivity index (χ0n) is 11.0. The molecular formula is C14H16N4S. The van der Waals surface area contributed by atoms with Gasteiger partial charge in [-0.3, -0.25) is 0 Å². The van der Waals surface area contributed by atoms with Crippen molar-refractivity contribution in [1.82, 2.24) is 14.5 Å². The summed E-state index contributed by atoms with van der Waals surface area (Å²) in [5.74, 6) is 1.04. The van der Waals surface area contributed by atoms with Crippen molar-refractivity contribution in [3.63, 3.8) is 0 Å². The van der Waals surface area contributed by atoms with E-state index in [-0.39, 0.29) is 0 Å². The Bertz CT molecular complexity index is 711. The molecular weight excluding hydrogens is 256 g/mol. The molecule has 0 fully saturated rings. The second-order valence-electron chi connectivity index (χ2n) is 4.83. The van der Waals surface area contributed by atoms with Gasteiger partial charge in [-0.25, -0.2) is 9.97 Å². The van der Waals surface area contributed by atoms with Gasteiger partial charge in [0.05, 0.1) is 16.7 Å². The lowest BCUT2D eigenvalue weighted by Crippen LogP contribution is -2.07. The minimum Gasteiger partial charge on any atom is -0.375 e. The zero-order valence-corrected chi connectivity index (χ0v) is 11.8. The molecule has 0 aliphatic heterocycles. The number of nitrogens with zero attached hydrogens (tertiary/aromatic N) is 3. The summed E-state index contributed by atoms with van der Waals surface area (Å²) in [7, 11) is 0. The molecule has 0 saturated carbocycles. The zero-order chi connectivity index (χ0) is 13.4. The SMILES string of the molecule is CC(C)n1c(Cc2csc(N)n2)nc2ccccc21. The molecule has 2 aromatic heterocycles. The van der Waals surface area contributed by atoms with Crippen molar-refractivity contribution in [3.05, 3.63) is 41.2 Å². The number of rotatable bonds is 3. The van der Waals surface area contributed by atoms with Crippen molar-refractivity contribution < 1.29 is 0 Å². The Hall–Kier alpha value is -1.88. The van der Waals surface area contributed by atoms with E-state index < -0.39 is 0 Å². The van der Waals surface area contributed by atoms with Crippen LogP contribution in [0.3, 0.4) is 0 Å². The maximum Gasteiger partial charge on any atom is 0.180 e. The van der Waals surface area contributed by atoms with Crippen LogP contribution in [0.2, 0.25) is 0 Å². The van der Waals surface area contributed by atoms with E-state index in [0.717, 1.165) is 23.5 Å². The van der Waals surface area contributed by atoms with Crippen LogP contribution in [-0.2, 0) is 6.42 Å². The quantitative estimate of drug-likeness (QED) is 0.796. The molecule has 0 spiro atoms. The van der Waals surface area contributed by atoms with Crippen LogP contribution >= 0.6 is 11.3 Å². The van der Waals surface area contributed by atoms with Crippen molar-refractivity contribution in [2.45, 2.75) is 26.3 Å². The van der Waals surface area contributed by atoms with Crippen molar-refractivity contribution >= 4 is 27.5 Å². The van der Waals surface area contributed by atoms with E-state index in [0.29, 0.717) is 11.2 Å². The molecule has 0 aliphatic rings. The smallest absolute Gasteiger partial charge is 0.180 e. The molecule has 2 N–H and O–H groups in total. The number of imidazole rings is 1. The Morgan fingerprint density at radius 1 is 1.26 bits per heavy atom. The number of nitrogen functional groups attached to an aromatic ring is 1. The largest absolute Gasteiger partial charge is 0.375 e. The van der Waals surface area contributed by atoms with Gasteiger partial charge in [0.15, 0.2) is 5.13 Å². The molecule has 0 atom stereocenters. The average Bonchev–Trinajstić information content (AvgIpc) is 2.92. The first-order valence-electron chi connectivity index (χ1n) is 6.31. The normalized spacial score (nSPS) is 11.5. The van der Waals surface area contributed by atoms with Crippen LogP contribution in [0, 0.1) is 0 Å². The van der Waals surface area contributed by atoms with Gasteiger partial charge in [0.1, 0.15) is 5.82 Å². The van der Waals surface area contributed by atoms with Crippen molar-refractivity contribution in [1.29, 1.82) is 0 Å². The first-order chi connectivity index (χ1) is 9.15. The molecule has 0 saturated heterocycles. The fourth-order valence-electron chi connectivity index (χ4n) is 2.36. The van der Waals surface area contributed by atoms with Gasteiger partial charge in [0.2, 0.25) is 0 Å². The minimum absolute atomic E-state index is 0.374. The molecule has 0 amide bonds. The first-order valence-corrected chi connectivity index (χ1v) is 7.19. The van der Waals surface area contributed by atoms with Gasteiger partial charge in [0, 0.05) is 17.8 Å². The van der Waals surface area contributed by atoms with Gasteiger partial charge < -0.3 is 10.3 Å². The fraction of sp³-hybridized carbons (Fsp3) is 0.286. The lowest BCUT2D eigenvalue weighted by atomic mass is 10.2. The molecule has 0 unspecified atom stereocenters. The summed E-state index contributed by atoms with van der Waals surface area (Å²) in [6.45, 7) is 4.35. The molecule has 1 aromatic carbocycles. The van der Waals surface area contributed by atoms with Crippen LogP contribution in [0.25, 0.3) is 11.0 Å². The Kier molecular flexibility index (Phi) is 2.98. The number of para-hydroxylation sites is 2. The Morgan fingerprint density at radius 3 is 2.74 bits per heavy atom. The highest BCUT2D eigenvalue weighted by molar-refractivity contribution is 7.13. The van der Waals surface area contributed by atoms with Crippen LogP contribution in [0.5, 0.6) is 0 Å². The summed E-state index contributed by atoms with van der Waals surface area (Å²) in [6, 6.07) is 8.60. The number of aromatic nitrogens is 3. The number of nitrogens with two attached hydrogens (primary N) is 1. The Morgan fingerprint density at radius 2 is 2.05 bits per heavy atom. The highest BCUT2D eigenvalue weighted by Crippen LogP contribution is 2.23. The van der Waals surface area contributed by atoms with Crippen LogP contribution < -0.4 is 5.73 Å². The second-order valence-corrected chi connectivity index (χ2v) is 5.72. The topological polar surface area (TPSA) is 56.7 Å². The highest BCUT2D eigenvalue weighted by atomic mass is 32.1. The van der Waals surface area contributed by atoms with Gasteiger partial charge in [-0.15, -0.1) is 11.3 Å².